The molecule has 0 spiro atoms. The molecule has 28 heavy (non-hydrogen) atoms. The summed E-state index contributed by atoms with van der Waals surface area (Å²) < 4.78 is 37.8. The van der Waals surface area contributed by atoms with Crippen molar-refractivity contribution in [2.24, 2.45) is 0 Å². The molecule has 146 valence electrons. The van der Waals surface area contributed by atoms with E-state index in [1.807, 2.05) is 31.2 Å². The molecule has 3 aromatic rings. The maximum Gasteiger partial charge on any atom is 0.417 e. The van der Waals surface area contributed by atoms with E-state index in [0.717, 1.165) is 22.9 Å². The number of amides is 1. The summed E-state index contributed by atoms with van der Waals surface area (Å²) in [6.45, 7) is 1.97. The van der Waals surface area contributed by atoms with E-state index in [0.29, 0.717) is 23.2 Å². The Bertz CT molecular complexity index is 991. The number of aromatic amines is 1. The molecule has 0 aliphatic heterocycles. The minimum atomic E-state index is -4.56. The van der Waals surface area contributed by atoms with Crippen LogP contribution < -0.4 is 5.32 Å². The molecule has 0 saturated heterocycles. The van der Waals surface area contributed by atoms with Gasteiger partial charge in [-0.1, -0.05) is 53.2 Å². The number of aromatic nitrogens is 4. The second kappa shape index (κ2) is 8.19. The van der Waals surface area contributed by atoms with E-state index in [9.17, 15) is 18.0 Å². The molecule has 6 nitrogen and oxygen atoms in total. The molecule has 0 radical (unpaired) electrons. The Labute approximate surface area is 166 Å². The molecule has 0 aliphatic carbocycles. The van der Waals surface area contributed by atoms with Gasteiger partial charge in [0, 0.05) is 11.8 Å². The first-order valence-corrected chi connectivity index (χ1v) is 9.23. The molecule has 2 aromatic heterocycles. The zero-order valence-corrected chi connectivity index (χ0v) is 15.9. The normalized spacial score (nSPS) is 11.5. The number of nitrogens with one attached hydrogen (secondary N) is 2. The van der Waals surface area contributed by atoms with Crippen LogP contribution in [0.2, 0.25) is 5.02 Å². The van der Waals surface area contributed by atoms with Gasteiger partial charge in [0.05, 0.1) is 16.3 Å². The van der Waals surface area contributed by atoms with Gasteiger partial charge < -0.3 is 5.32 Å². The fourth-order valence-corrected chi connectivity index (χ4v) is 2.95. The Morgan fingerprint density at radius 2 is 2.00 bits per heavy atom. The Balaban J connectivity index is 1.58. The highest BCUT2D eigenvalue weighted by Crippen LogP contribution is 2.32. The zero-order valence-electron chi connectivity index (χ0n) is 14.3. The van der Waals surface area contributed by atoms with Crippen molar-refractivity contribution in [1.29, 1.82) is 0 Å². The number of aryl methyl sites for hydroxylation is 1. The largest absolute Gasteiger partial charge is 0.417 e. The zero-order chi connectivity index (χ0) is 20.3. The number of hydrogen-bond donors (Lipinski definition) is 2. The van der Waals surface area contributed by atoms with Crippen LogP contribution in [-0.4, -0.2) is 31.8 Å². The Hall–Kier alpha value is -2.59. The van der Waals surface area contributed by atoms with Gasteiger partial charge in [-0.2, -0.15) is 13.2 Å². The maximum absolute atomic E-state index is 12.6. The predicted octanol–water partition coefficient (Wildman–Crippen LogP) is 4.58. The molecule has 0 fully saturated rings. The van der Waals surface area contributed by atoms with Crippen LogP contribution in [0.3, 0.4) is 0 Å². The van der Waals surface area contributed by atoms with Crippen molar-refractivity contribution in [2.75, 3.05) is 11.1 Å². The first kappa shape index (κ1) is 20.2. The summed E-state index contributed by atoms with van der Waals surface area (Å²) in [4.78, 5) is 19.9. The number of thioether (sulfide) groups is 1. The standard InChI is InChI=1S/C17H13ClF3N5OS/c1-9-2-4-10(5-3-9)14-24-16(26-25-14)28-8-13(27)23-15-12(18)6-11(7-22-15)17(19,20)21/h2-7H,8H2,1H3,(H,22,23,27)(H,24,25,26). The number of alkyl halides is 3. The number of benzene rings is 1. The number of halogens is 4. The monoisotopic (exact) mass is 427 g/mol. The molecule has 1 amide bonds. The third kappa shape index (κ3) is 5.02. The molecular weight excluding hydrogens is 415 g/mol. The van der Waals surface area contributed by atoms with Gasteiger partial charge in [-0.05, 0) is 13.0 Å². The molecule has 1 aromatic carbocycles. The fraction of sp³-hybridized carbons (Fsp3) is 0.176. The van der Waals surface area contributed by atoms with Crippen LogP contribution in [0.5, 0.6) is 0 Å². The third-order valence-corrected chi connectivity index (χ3v) is 4.68. The summed E-state index contributed by atoms with van der Waals surface area (Å²) in [5.41, 5.74) is 0.981. The lowest BCUT2D eigenvalue weighted by Crippen LogP contribution is -2.16. The third-order valence-electron chi connectivity index (χ3n) is 3.55. The number of hydrogen-bond acceptors (Lipinski definition) is 5. The molecular formula is C17H13ClF3N5OS. The van der Waals surface area contributed by atoms with Gasteiger partial charge >= 0.3 is 6.18 Å². The van der Waals surface area contributed by atoms with Crippen molar-refractivity contribution in [2.45, 2.75) is 18.3 Å². The van der Waals surface area contributed by atoms with Crippen LogP contribution in [0.25, 0.3) is 11.4 Å². The lowest BCUT2D eigenvalue weighted by atomic mass is 10.1. The molecule has 0 bridgehead atoms. The van der Waals surface area contributed by atoms with Gasteiger partial charge in [0.1, 0.15) is 0 Å². The average Bonchev–Trinajstić information content (AvgIpc) is 3.10. The SMILES string of the molecule is Cc1ccc(-c2nc(SCC(=O)Nc3ncc(C(F)(F)F)cc3Cl)n[nH]2)cc1. The van der Waals surface area contributed by atoms with Crippen LogP contribution in [-0.2, 0) is 11.0 Å². The molecule has 0 aliphatic rings. The summed E-state index contributed by atoms with van der Waals surface area (Å²) in [7, 11) is 0. The predicted molar refractivity (Wildman–Crippen MR) is 100 cm³/mol. The van der Waals surface area contributed by atoms with E-state index in [1.165, 1.54) is 0 Å². The van der Waals surface area contributed by atoms with E-state index in [-0.39, 0.29) is 16.6 Å². The molecule has 2 N–H and O–H groups in total. The Morgan fingerprint density at radius 1 is 1.29 bits per heavy atom. The van der Waals surface area contributed by atoms with Crippen LogP contribution in [0.15, 0.2) is 41.7 Å². The number of rotatable bonds is 5. The van der Waals surface area contributed by atoms with Crippen LogP contribution in [0.4, 0.5) is 19.0 Å². The number of nitrogens with zero attached hydrogens (tertiary/aromatic N) is 3. The van der Waals surface area contributed by atoms with Crippen molar-refractivity contribution in [3.05, 3.63) is 52.7 Å². The highest BCUT2D eigenvalue weighted by molar-refractivity contribution is 7.99. The molecule has 3 rings (SSSR count). The molecule has 2 heterocycles. The molecule has 11 heteroatoms. The Kier molecular flexibility index (Phi) is 5.90. The van der Waals surface area contributed by atoms with Crippen molar-refractivity contribution < 1.29 is 18.0 Å². The van der Waals surface area contributed by atoms with Gasteiger partial charge in [0.15, 0.2) is 11.6 Å². The smallest absolute Gasteiger partial charge is 0.309 e. The van der Waals surface area contributed by atoms with Crippen LogP contribution in [0.1, 0.15) is 11.1 Å². The quantitative estimate of drug-likeness (QED) is 0.582. The fourth-order valence-electron chi connectivity index (χ4n) is 2.13. The van der Waals surface area contributed by atoms with Gasteiger partial charge in [0.2, 0.25) is 11.1 Å². The van der Waals surface area contributed by atoms with Crippen molar-refractivity contribution in [3.8, 4) is 11.4 Å². The minimum absolute atomic E-state index is 0.0653. The highest BCUT2D eigenvalue weighted by atomic mass is 35.5. The van der Waals surface area contributed by atoms with Crippen molar-refractivity contribution >= 4 is 35.1 Å². The summed E-state index contributed by atoms with van der Waals surface area (Å²) in [5.74, 6) is -0.142. The van der Waals surface area contributed by atoms with E-state index >= 15 is 0 Å². The van der Waals surface area contributed by atoms with Crippen molar-refractivity contribution in [3.63, 3.8) is 0 Å². The number of carbonyl (C=O) groups excluding carboxylic acids is 1. The van der Waals surface area contributed by atoms with E-state index < -0.39 is 17.6 Å². The number of carbonyl (C=O) groups is 1. The van der Waals surface area contributed by atoms with Gasteiger partial charge in [-0.15, -0.1) is 5.10 Å². The maximum atomic E-state index is 12.6. The highest BCUT2D eigenvalue weighted by Gasteiger charge is 2.31. The van der Waals surface area contributed by atoms with Crippen LogP contribution >= 0.6 is 23.4 Å². The average molecular weight is 428 g/mol. The van der Waals surface area contributed by atoms with Gasteiger partial charge in [-0.25, -0.2) is 9.97 Å². The first-order valence-electron chi connectivity index (χ1n) is 7.87. The lowest BCUT2D eigenvalue weighted by Gasteiger charge is -2.09. The topological polar surface area (TPSA) is 83.6 Å². The second-order valence-corrected chi connectivity index (χ2v) is 7.07. The van der Waals surface area contributed by atoms with Gasteiger partial charge in [-0.3, -0.25) is 9.89 Å². The second-order valence-electron chi connectivity index (χ2n) is 5.72. The first-order chi connectivity index (χ1) is 13.2. The van der Waals surface area contributed by atoms with E-state index in [2.05, 4.69) is 25.5 Å². The molecule has 0 saturated carbocycles. The summed E-state index contributed by atoms with van der Waals surface area (Å²) in [6.07, 6.45) is -3.95. The van der Waals surface area contributed by atoms with Crippen LogP contribution in [0, 0.1) is 6.92 Å². The minimum Gasteiger partial charge on any atom is -0.309 e. The number of H-pyrrole nitrogens is 1. The Morgan fingerprint density at radius 3 is 2.64 bits per heavy atom. The summed E-state index contributed by atoms with van der Waals surface area (Å²) in [5, 5.41) is 9.25. The summed E-state index contributed by atoms with van der Waals surface area (Å²) in [6, 6.07) is 8.39. The summed E-state index contributed by atoms with van der Waals surface area (Å²) >= 11 is 6.83. The van der Waals surface area contributed by atoms with Crippen molar-refractivity contribution in [1.82, 2.24) is 20.2 Å². The van der Waals surface area contributed by atoms with E-state index in [4.69, 9.17) is 11.6 Å². The number of anilines is 1. The van der Waals surface area contributed by atoms with E-state index in [1.54, 1.807) is 0 Å². The lowest BCUT2D eigenvalue weighted by molar-refractivity contribution is -0.137. The number of pyridine rings is 1. The molecule has 0 atom stereocenters. The molecule has 0 unspecified atom stereocenters. The van der Waals surface area contributed by atoms with Gasteiger partial charge in [0.25, 0.3) is 0 Å².